The fraction of sp³-hybridized carbons (Fsp3) is 0.278. The first-order chi connectivity index (χ1) is 13.1. The number of carbonyl (C=O) groups excluding carboxylic acids is 1. The molecule has 4 rings (SSSR count). The number of nitrogens with zero attached hydrogens (tertiary/aromatic N) is 5. The van der Waals surface area contributed by atoms with Gasteiger partial charge in [0.1, 0.15) is 22.9 Å². The van der Waals surface area contributed by atoms with Crippen molar-refractivity contribution in [2.45, 2.75) is 18.8 Å². The van der Waals surface area contributed by atoms with E-state index in [1.165, 1.54) is 23.4 Å². The molecule has 0 atom stereocenters. The molecule has 1 saturated heterocycles. The first-order valence-corrected chi connectivity index (χ1v) is 8.47. The number of carbonyl (C=O) groups is 1. The molecule has 1 amide bonds. The third kappa shape index (κ3) is 3.40. The van der Waals surface area contributed by atoms with Gasteiger partial charge in [-0.05, 0) is 25.0 Å². The number of amides is 1. The highest BCUT2D eigenvalue weighted by molar-refractivity contribution is 5.94. The summed E-state index contributed by atoms with van der Waals surface area (Å²) in [6, 6.07) is 3.39. The molecule has 0 unspecified atom stereocenters. The summed E-state index contributed by atoms with van der Waals surface area (Å²) >= 11 is 0. The maximum atomic E-state index is 13.8. The van der Waals surface area contributed by atoms with Crippen molar-refractivity contribution in [1.29, 1.82) is 0 Å². The van der Waals surface area contributed by atoms with Crippen LogP contribution in [0.3, 0.4) is 0 Å². The highest BCUT2D eigenvalue weighted by Crippen LogP contribution is 2.28. The second kappa shape index (κ2) is 7.18. The van der Waals surface area contributed by atoms with E-state index in [-0.39, 0.29) is 11.8 Å². The fourth-order valence-corrected chi connectivity index (χ4v) is 3.12. The fourth-order valence-electron chi connectivity index (χ4n) is 3.12. The van der Waals surface area contributed by atoms with Gasteiger partial charge < -0.3 is 9.42 Å². The van der Waals surface area contributed by atoms with Crippen LogP contribution in [0.25, 0.3) is 11.6 Å². The van der Waals surface area contributed by atoms with Gasteiger partial charge >= 0.3 is 0 Å². The van der Waals surface area contributed by atoms with Crippen LogP contribution in [0.1, 0.15) is 34.9 Å². The molecule has 2 aromatic heterocycles. The van der Waals surface area contributed by atoms with E-state index in [1.54, 1.807) is 6.20 Å². The van der Waals surface area contributed by atoms with Crippen molar-refractivity contribution in [3.63, 3.8) is 0 Å². The predicted molar refractivity (Wildman–Crippen MR) is 89.6 cm³/mol. The molecule has 0 N–H and O–H groups in total. The number of hydrogen-bond acceptors (Lipinski definition) is 6. The second-order valence-electron chi connectivity index (χ2n) is 6.21. The Bertz CT molecular complexity index is 935. The van der Waals surface area contributed by atoms with Gasteiger partial charge in [0.05, 0.1) is 6.20 Å². The minimum atomic E-state index is -0.853. The van der Waals surface area contributed by atoms with E-state index >= 15 is 0 Å². The number of rotatable bonds is 3. The van der Waals surface area contributed by atoms with Gasteiger partial charge in [-0.15, -0.1) is 0 Å². The first kappa shape index (κ1) is 17.2. The van der Waals surface area contributed by atoms with Crippen molar-refractivity contribution >= 4 is 5.91 Å². The standard InChI is InChI=1S/C18H15F2N5O2/c19-12-2-1-3-13(20)15(12)18(26)25-8-4-11(5-9-25)16-23-17(27-24-16)14-10-21-6-7-22-14/h1-3,6-7,10-11H,4-5,8-9H2. The van der Waals surface area contributed by atoms with Gasteiger partial charge in [-0.25, -0.2) is 13.8 Å². The van der Waals surface area contributed by atoms with Crippen LogP contribution >= 0.6 is 0 Å². The zero-order valence-electron chi connectivity index (χ0n) is 14.2. The van der Waals surface area contributed by atoms with E-state index in [1.807, 2.05) is 0 Å². The quantitative estimate of drug-likeness (QED) is 0.704. The summed E-state index contributed by atoms with van der Waals surface area (Å²) in [5.74, 6) is -1.54. The first-order valence-electron chi connectivity index (χ1n) is 8.47. The van der Waals surface area contributed by atoms with E-state index in [0.717, 1.165) is 12.1 Å². The van der Waals surface area contributed by atoms with Crippen molar-refractivity contribution in [3.05, 3.63) is 59.8 Å². The highest BCUT2D eigenvalue weighted by Gasteiger charge is 2.30. The number of hydrogen-bond donors (Lipinski definition) is 0. The predicted octanol–water partition coefficient (Wildman–Crippen LogP) is 2.82. The summed E-state index contributed by atoms with van der Waals surface area (Å²) in [5.41, 5.74) is -0.0284. The van der Waals surface area contributed by atoms with E-state index < -0.39 is 23.1 Å². The molecule has 138 valence electrons. The minimum Gasteiger partial charge on any atom is -0.338 e. The van der Waals surface area contributed by atoms with Crippen LogP contribution in [0, 0.1) is 11.6 Å². The average Bonchev–Trinajstić information content (AvgIpc) is 3.19. The summed E-state index contributed by atoms with van der Waals surface area (Å²) in [6.07, 6.45) is 5.75. The monoisotopic (exact) mass is 371 g/mol. The summed E-state index contributed by atoms with van der Waals surface area (Å²) in [5, 5.41) is 4.00. The molecule has 1 aromatic carbocycles. The molecule has 1 aliphatic rings. The number of halogens is 2. The largest absolute Gasteiger partial charge is 0.338 e. The van der Waals surface area contributed by atoms with Gasteiger partial charge in [0.2, 0.25) is 0 Å². The highest BCUT2D eigenvalue weighted by atomic mass is 19.1. The van der Waals surface area contributed by atoms with Crippen LogP contribution in [0.4, 0.5) is 8.78 Å². The number of aromatic nitrogens is 4. The molecule has 3 heterocycles. The smallest absolute Gasteiger partial charge is 0.278 e. The molecule has 27 heavy (non-hydrogen) atoms. The Balaban J connectivity index is 1.44. The van der Waals surface area contributed by atoms with E-state index in [2.05, 4.69) is 20.1 Å². The maximum Gasteiger partial charge on any atom is 0.278 e. The number of piperidine rings is 1. The lowest BCUT2D eigenvalue weighted by Crippen LogP contribution is -2.39. The molecule has 0 radical (unpaired) electrons. The molecule has 9 heteroatoms. The molecule has 0 aliphatic carbocycles. The van der Waals surface area contributed by atoms with Crippen molar-refractivity contribution < 1.29 is 18.1 Å². The Hall–Kier alpha value is -3.23. The van der Waals surface area contributed by atoms with Crippen molar-refractivity contribution in [2.24, 2.45) is 0 Å². The Kier molecular flexibility index (Phi) is 4.57. The van der Waals surface area contributed by atoms with Gasteiger partial charge in [0.15, 0.2) is 5.82 Å². The zero-order valence-corrected chi connectivity index (χ0v) is 14.2. The molecule has 1 aliphatic heterocycles. The number of likely N-dealkylation sites (tertiary alicyclic amines) is 1. The van der Waals surface area contributed by atoms with Gasteiger partial charge in [0, 0.05) is 31.4 Å². The Labute approximate surface area is 153 Å². The Morgan fingerprint density at radius 3 is 2.56 bits per heavy atom. The van der Waals surface area contributed by atoms with E-state index in [4.69, 9.17) is 4.52 Å². The van der Waals surface area contributed by atoms with Crippen LogP contribution in [0.15, 0.2) is 41.3 Å². The summed E-state index contributed by atoms with van der Waals surface area (Å²) in [6.45, 7) is 0.707. The zero-order chi connectivity index (χ0) is 18.8. The summed E-state index contributed by atoms with van der Waals surface area (Å²) in [4.78, 5) is 26.3. The SMILES string of the molecule is O=C(c1c(F)cccc1F)N1CCC(c2noc(-c3cnccn3)n2)CC1. The van der Waals surface area contributed by atoms with Gasteiger partial charge in [-0.3, -0.25) is 9.78 Å². The molecule has 0 bridgehead atoms. The van der Waals surface area contributed by atoms with Crippen LogP contribution in [0.5, 0.6) is 0 Å². The molecule has 7 nitrogen and oxygen atoms in total. The van der Waals surface area contributed by atoms with Crippen LogP contribution < -0.4 is 0 Å². The van der Waals surface area contributed by atoms with Crippen molar-refractivity contribution in [1.82, 2.24) is 25.0 Å². The topological polar surface area (TPSA) is 85.0 Å². The van der Waals surface area contributed by atoms with Crippen LogP contribution in [-0.4, -0.2) is 44.0 Å². The molecule has 3 aromatic rings. The number of benzene rings is 1. The van der Waals surface area contributed by atoms with Crippen LogP contribution in [-0.2, 0) is 0 Å². The average molecular weight is 371 g/mol. The molecule has 1 fully saturated rings. The third-order valence-electron chi connectivity index (χ3n) is 4.55. The molecule has 0 saturated carbocycles. The Morgan fingerprint density at radius 1 is 1.15 bits per heavy atom. The van der Waals surface area contributed by atoms with Gasteiger partial charge in [0.25, 0.3) is 11.8 Å². The van der Waals surface area contributed by atoms with Crippen LogP contribution in [0.2, 0.25) is 0 Å². The van der Waals surface area contributed by atoms with Crippen molar-refractivity contribution in [2.75, 3.05) is 13.1 Å². The Morgan fingerprint density at radius 2 is 1.89 bits per heavy atom. The van der Waals surface area contributed by atoms with E-state index in [0.29, 0.717) is 37.4 Å². The lowest BCUT2D eigenvalue weighted by molar-refractivity contribution is 0.0700. The van der Waals surface area contributed by atoms with Gasteiger partial charge in [-0.1, -0.05) is 11.2 Å². The summed E-state index contributed by atoms with van der Waals surface area (Å²) in [7, 11) is 0. The molecular formula is C18H15F2N5O2. The van der Waals surface area contributed by atoms with E-state index in [9.17, 15) is 13.6 Å². The lowest BCUT2D eigenvalue weighted by Gasteiger charge is -2.30. The summed E-state index contributed by atoms with van der Waals surface area (Å²) < 4.78 is 32.9. The normalized spacial score (nSPS) is 15.1. The van der Waals surface area contributed by atoms with Gasteiger partial charge in [-0.2, -0.15) is 4.98 Å². The molecular weight excluding hydrogens is 356 g/mol. The molecule has 0 spiro atoms. The second-order valence-corrected chi connectivity index (χ2v) is 6.21. The minimum absolute atomic E-state index is 0.00584. The van der Waals surface area contributed by atoms with Crippen molar-refractivity contribution in [3.8, 4) is 11.6 Å². The maximum absolute atomic E-state index is 13.8. The lowest BCUT2D eigenvalue weighted by atomic mass is 9.95. The third-order valence-corrected chi connectivity index (χ3v) is 4.55.